The van der Waals surface area contributed by atoms with Crippen LogP contribution in [-0.2, 0) is 11.8 Å². The fraction of sp³-hybridized carbons (Fsp3) is 0.200. The highest BCUT2D eigenvalue weighted by Crippen LogP contribution is 2.05. The van der Waals surface area contributed by atoms with Crippen molar-refractivity contribution < 1.29 is 9.53 Å². The van der Waals surface area contributed by atoms with Crippen molar-refractivity contribution in [2.24, 2.45) is 7.05 Å². The summed E-state index contributed by atoms with van der Waals surface area (Å²) in [5, 5.41) is 3.86. The lowest BCUT2D eigenvalue weighted by Gasteiger charge is -2.05. The van der Waals surface area contributed by atoms with Crippen LogP contribution in [0.15, 0.2) is 23.1 Å². The van der Waals surface area contributed by atoms with Gasteiger partial charge in [0.15, 0.2) is 0 Å². The van der Waals surface area contributed by atoms with Gasteiger partial charge < -0.3 is 4.74 Å². The van der Waals surface area contributed by atoms with Gasteiger partial charge in [0.1, 0.15) is 5.52 Å². The number of rotatable bonds is 1. The molecule has 82 valence electrons. The molecule has 0 radical (unpaired) electrons. The zero-order valence-electron chi connectivity index (χ0n) is 8.80. The highest BCUT2D eigenvalue weighted by Gasteiger charge is 2.17. The minimum absolute atomic E-state index is 0.209. The molecule has 0 aliphatic heterocycles. The van der Waals surface area contributed by atoms with Crippen molar-refractivity contribution in [3.05, 3.63) is 34.2 Å². The highest BCUT2D eigenvalue weighted by atomic mass is 16.5. The zero-order valence-corrected chi connectivity index (χ0v) is 8.80. The van der Waals surface area contributed by atoms with Crippen LogP contribution >= 0.6 is 0 Å². The summed E-state index contributed by atoms with van der Waals surface area (Å²) in [5.74, 6) is -0.756. The molecule has 0 bridgehead atoms. The molecule has 6 heteroatoms. The largest absolute Gasteiger partial charge is 0.464 e. The maximum atomic E-state index is 11.8. The van der Waals surface area contributed by atoms with Crippen LogP contribution in [0.2, 0.25) is 0 Å². The van der Waals surface area contributed by atoms with E-state index in [9.17, 15) is 9.59 Å². The van der Waals surface area contributed by atoms with E-state index < -0.39 is 11.4 Å². The number of fused-ring (bicyclic) bond motifs is 1. The molecular weight excluding hydrogens is 210 g/mol. The summed E-state index contributed by atoms with van der Waals surface area (Å²) in [5.41, 5.74) is 0.0114. The van der Waals surface area contributed by atoms with Gasteiger partial charge in [-0.3, -0.25) is 14.5 Å². The fourth-order valence-corrected chi connectivity index (χ4v) is 1.42. The van der Waals surface area contributed by atoms with Crippen LogP contribution in [0.3, 0.4) is 0 Å². The highest BCUT2D eigenvalue weighted by molar-refractivity contribution is 5.90. The number of carbonyl (C=O) groups is 1. The van der Waals surface area contributed by atoms with Crippen LogP contribution in [-0.4, -0.2) is 27.8 Å². The molecule has 0 spiro atoms. The molecule has 2 heterocycles. The lowest BCUT2D eigenvalue weighted by Crippen LogP contribution is -2.23. The molecule has 0 aliphatic rings. The summed E-state index contributed by atoms with van der Waals surface area (Å²) in [6, 6.07) is 3.40. The molecule has 2 aromatic rings. The van der Waals surface area contributed by atoms with E-state index in [1.54, 1.807) is 19.2 Å². The quantitative estimate of drug-likeness (QED) is 0.636. The molecule has 0 saturated heterocycles. The number of nitrogens with zero attached hydrogens (tertiary/aromatic N) is 3. The monoisotopic (exact) mass is 219 g/mol. The summed E-state index contributed by atoms with van der Waals surface area (Å²) in [6.45, 7) is 0. The zero-order chi connectivity index (χ0) is 11.7. The predicted molar refractivity (Wildman–Crippen MR) is 56.1 cm³/mol. The van der Waals surface area contributed by atoms with Gasteiger partial charge in [0.25, 0.3) is 0 Å². The number of hydrogen-bond donors (Lipinski definition) is 0. The van der Waals surface area contributed by atoms with Crippen LogP contribution < -0.4 is 5.43 Å². The smallest absolute Gasteiger partial charge is 0.362 e. The molecule has 16 heavy (non-hydrogen) atoms. The van der Waals surface area contributed by atoms with Crippen LogP contribution in [0.1, 0.15) is 10.5 Å². The first-order valence-electron chi connectivity index (χ1n) is 4.55. The molecule has 0 atom stereocenters. The Morgan fingerprint density at radius 1 is 1.50 bits per heavy atom. The van der Waals surface area contributed by atoms with Gasteiger partial charge in [-0.05, 0) is 12.1 Å². The summed E-state index contributed by atoms with van der Waals surface area (Å²) in [6.07, 6.45) is 1.49. The molecule has 0 N–H and O–H groups in total. The first-order chi connectivity index (χ1) is 7.65. The van der Waals surface area contributed by atoms with Gasteiger partial charge >= 0.3 is 5.97 Å². The Balaban J connectivity index is 2.86. The third-order valence-electron chi connectivity index (χ3n) is 2.19. The lowest BCUT2D eigenvalue weighted by molar-refractivity contribution is 0.0590. The van der Waals surface area contributed by atoms with Gasteiger partial charge in [0, 0.05) is 13.2 Å². The molecule has 0 aromatic carbocycles. The van der Waals surface area contributed by atoms with Crippen molar-refractivity contribution >= 4 is 17.0 Å². The molecule has 0 saturated carbocycles. The number of carbonyl (C=O) groups excluding carboxylic acids is 1. The van der Waals surface area contributed by atoms with Gasteiger partial charge in [-0.2, -0.15) is 5.10 Å². The van der Waals surface area contributed by atoms with E-state index in [-0.39, 0.29) is 11.2 Å². The van der Waals surface area contributed by atoms with E-state index in [1.807, 2.05) is 0 Å². The van der Waals surface area contributed by atoms with Gasteiger partial charge in [-0.25, -0.2) is 4.79 Å². The minimum Gasteiger partial charge on any atom is -0.464 e. The van der Waals surface area contributed by atoms with Crippen molar-refractivity contribution in [3.8, 4) is 0 Å². The van der Waals surface area contributed by atoms with Crippen molar-refractivity contribution in [1.29, 1.82) is 0 Å². The third kappa shape index (κ3) is 1.44. The maximum Gasteiger partial charge on any atom is 0.362 e. The Kier molecular flexibility index (Phi) is 2.40. The normalized spacial score (nSPS) is 10.4. The second-order valence-electron chi connectivity index (χ2n) is 3.16. The Morgan fingerprint density at radius 2 is 2.25 bits per heavy atom. The summed E-state index contributed by atoms with van der Waals surface area (Å²) in [7, 11) is 2.84. The lowest BCUT2D eigenvalue weighted by atomic mass is 10.3. The summed E-state index contributed by atoms with van der Waals surface area (Å²) in [4.78, 5) is 27.1. The van der Waals surface area contributed by atoms with Crippen molar-refractivity contribution in [2.45, 2.75) is 0 Å². The average molecular weight is 219 g/mol. The van der Waals surface area contributed by atoms with Crippen molar-refractivity contribution in [3.63, 3.8) is 0 Å². The predicted octanol–water partition coefficient (Wildman–Crippen LogP) is 0.115. The first-order valence-corrected chi connectivity index (χ1v) is 4.55. The number of methoxy groups -OCH3 is 1. The second-order valence-corrected chi connectivity index (χ2v) is 3.16. The summed E-state index contributed by atoms with van der Waals surface area (Å²) >= 11 is 0. The molecule has 0 aliphatic carbocycles. The van der Waals surface area contributed by atoms with Crippen LogP contribution in [0, 0.1) is 0 Å². The SMILES string of the molecule is COC(=O)c1nn(C)c2cccnc2c1=O. The number of aromatic nitrogens is 3. The van der Waals surface area contributed by atoms with Gasteiger partial charge in [0.2, 0.25) is 11.1 Å². The van der Waals surface area contributed by atoms with E-state index >= 15 is 0 Å². The van der Waals surface area contributed by atoms with Gasteiger partial charge in [-0.1, -0.05) is 0 Å². The van der Waals surface area contributed by atoms with E-state index in [1.165, 1.54) is 18.0 Å². The number of aryl methyl sites for hydroxylation is 1. The molecule has 0 fully saturated rings. The third-order valence-corrected chi connectivity index (χ3v) is 2.19. The molecule has 0 unspecified atom stereocenters. The van der Waals surface area contributed by atoms with E-state index in [0.717, 1.165) is 0 Å². The topological polar surface area (TPSA) is 74.1 Å². The second kappa shape index (κ2) is 3.73. The molecule has 2 rings (SSSR count). The maximum absolute atomic E-state index is 11.8. The fourth-order valence-electron chi connectivity index (χ4n) is 1.42. The standard InChI is InChI=1S/C10H9N3O3/c1-13-6-4-3-5-11-7(6)9(14)8(12-13)10(15)16-2/h3-5H,1-2H3. The molecular formula is C10H9N3O3. The Bertz CT molecular complexity index is 618. The molecule has 6 nitrogen and oxygen atoms in total. The average Bonchev–Trinajstić information content (AvgIpc) is 2.33. The number of pyridine rings is 1. The Hall–Kier alpha value is -2.24. The Morgan fingerprint density at radius 3 is 2.94 bits per heavy atom. The molecule has 0 amide bonds. The van der Waals surface area contributed by atoms with Crippen molar-refractivity contribution in [1.82, 2.24) is 14.8 Å². The van der Waals surface area contributed by atoms with E-state index in [4.69, 9.17) is 0 Å². The van der Waals surface area contributed by atoms with Crippen LogP contribution in [0.25, 0.3) is 11.0 Å². The minimum atomic E-state index is -0.756. The number of esters is 1. The van der Waals surface area contributed by atoms with Crippen LogP contribution in [0.4, 0.5) is 0 Å². The molecule has 2 aromatic heterocycles. The number of ether oxygens (including phenoxy) is 1. The summed E-state index contributed by atoms with van der Waals surface area (Å²) < 4.78 is 5.91. The number of hydrogen-bond acceptors (Lipinski definition) is 5. The first kappa shape index (κ1) is 10.3. The van der Waals surface area contributed by atoms with Crippen molar-refractivity contribution in [2.75, 3.05) is 7.11 Å². The van der Waals surface area contributed by atoms with E-state index in [0.29, 0.717) is 5.52 Å². The van der Waals surface area contributed by atoms with E-state index in [2.05, 4.69) is 14.8 Å². The van der Waals surface area contributed by atoms with Gasteiger partial charge in [0.05, 0.1) is 12.6 Å². The van der Waals surface area contributed by atoms with Gasteiger partial charge in [-0.15, -0.1) is 0 Å². The van der Waals surface area contributed by atoms with Crippen LogP contribution in [0.5, 0.6) is 0 Å². The Labute approximate surface area is 90.5 Å².